The molecule has 0 fully saturated rings. The highest BCUT2D eigenvalue weighted by Crippen LogP contribution is 2.37. The van der Waals surface area contributed by atoms with Gasteiger partial charge in [-0.25, -0.2) is 8.42 Å². The molecule has 1 amide bonds. The standard InChI is InChI=1S/C25H20F6N2O4S/c1-32-19-10-3-2-8-17(19)15-33(38(35,36)22-12-5-4-11-21(22)37-25(29,30)31)20(23(32)34)14-16-7-6-9-18(13-16)24(26,27)28/h2-13,20H,14-15H2,1H3. The van der Waals surface area contributed by atoms with Crippen molar-refractivity contribution in [1.29, 1.82) is 0 Å². The van der Waals surface area contributed by atoms with Crippen LogP contribution in [0.5, 0.6) is 5.75 Å². The van der Waals surface area contributed by atoms with E-state index in [0.717, 1.165) is 36.4 Å². The van der Waals surface area contributed by atoms with Crippen molar-refractivity contribution in [2.45, 2.75) is 36.4 Å². The Kier molecular flexibility index (Phi) is 7.19. The molecule has 6 nitrogen and oxygen atoms in total. The zero-order valence-electron chi connectivity index (χ0n) is 19.6. The van der Waals surface area contributed by atoms with Crippen molar-refractivity contribution in [3.05, 3.63) is 89.5 Å². The van der Waals surface area contributed by atoms with E-state index < -0.39 is 63.7 Å². The van der Waals surface area contributed by atoms with Crippen LogP contribution in [0, 0.1) is 0 Å². The van der Waals surface area contributed by atoms with Crippen molar-refractivity contribution in [1.82, 2.24) is 4.31 Å². The monoisotopic (exact) mass is 558 g/mol. The Morgan fingerprint density at radius 3 is 2.26 bits per heavy atom. The summed E-state index contributed by atoms with van der Waals surface area (Å²) in [6.45, 7) is -0.432. The second-order valence-electron chi connectivity index (χ2n) is 8.49. The fourth-order valence-electron chi connectivity index (χ4n) is 4.25. The van der Waals surface area contributed by atoms with Gasteiger partial charge >= 0.3 is 12.5 Å². The number of hydrogen-bond donors (Lipinski definition) is 0. The molecular formula is C25H20F6N2O4S. The number of carbonyl (C=O) groups excluding carboxylic acids is 1. The lowest BCUT2D eigenvalue weighted by Gasteiger charge is -2.30. The average molecular weight is 559 g/mol. The second-order valence-corrected chi connectivity index (χ2v) is 10.3. The lowest BCUT2D eigenvalue weighted by molar-refractivity contribution is -0.275. The predicted molar refractivity (Wildman–Crippen MR) is 125 cm³/mol. The van der Waals surface area contributed by atoms with Crippen molar-refractivity contribution < 1.29 is 44.3 Å². The number of hydrogen-bond acceptors (Lipinski definition) is 4. The molecule has 0 aliphatic carbocycles. The highest BCUT2D eigenvalue weighted by Gasteiger charge is 2.43. The second kappa shape index (κ2) is 9.95. The summed E-state index contributed by atoms with van der Waals surface area (Å²) < 4.78 is 111. The quantitative estimate of drug-likeness (QED) is 0.395. The summed E-state index contributed by atoms with van der Waals surface area (Å²) in [6.07, 6.45) is -10.4. The SMILES string of the molecule is CN1C(=O)C(Cc2cccc(C(F)(F)F)c2)N(S(=O)(=O)c2ccccc2OC(F)(F)F)Cc2ccccc21. The number of para-hydroxylation sites is 2. The fourth-order valence-corrected chi connectivity index (χ4v) is 5.93. The lowest BCUT2D eigenvalue weighted by Crippen LogP contribution is -2.49. The number of sulfonamides is 1. The van der Waals surface area contributed by atoms with Crippen molar-refractivity contribution in [3.8, 4) is 5.75 Å². The van der Waals surface area contributed by atoms with Crippen LogP contribution in [0.3, 0.4) is 0 Å². The van der Waals surface area contributed by atoms with Crippen molar-refractivity contribution in [2.24, 2.45) is 0 Å². The number of alkyl halides is 6. The van der Waals surface area contributed by atoms with Crippen LogP contribution >= 0.6 is 0 Å². The number of likely N-dealkylation sites (N-methyl/N-ethyl adjacent to an activating group) is 1. The van der Waals surface area contributed by atoms with Gasteiger partial charge in [-0.2, -0.15) is 17.5 Å². The molecular weight excluding hydrogens is 538 g/mol. The molecule has 1 aliphatic rings. The molecule has 0 bridgehead atoms. The summed E-state index contributed by atoms with van der Waals surface area (Å²) >= 11 is 0. The summed E-state index contributed by atoms with van der Waals surface area (Å²) in [4.78, 5) is 13.9. The number of carbonyl (C=O) groups is 1. The van der Waals surface area contributed by atoms with Gasteiger partial charge in [-0.15, -0.1) is 13.2 Å². The summed E-state index contributed by atoms with van der Waals surface area (Å²) in [7, 11) is -3.47. The smallest absolute Gasteiger partial charge is 0.404 e. The summed E-state index contributed by atoms with van der Waals surface area (Å²) in [5.74, 6) is -1.78. The Balaban J connectivity index is 1.86. The van der Waals surface area contributed by atoms with Crippen LogP contribution in [-0.2, 0) is 34.0 Å². The van der Waals surface area contributed by atoms with E-state index in [1.165, 1.54) is 24.1 Å². The van der Waals surface area contributed by atoms with Crippen LogP contribution in [0.1, 0.15) is 16.7 Å². The van der Waals surface area contributed by atoms with E-state index in [2.05, 4.69) is 4.74 Å². The van der Waals surface area contributed by atoms with Crippen LogP contribution in [0.4, 0.5) is 32.0 Å². The van der Waals surface area contributed by atoms with Gasteiger partial charge in [-0.1, -0.05) is 48.5 Å². The van der Waals surface area contributed by atoms with Gasteiger partial charge in [-0.3, -0.25) is 4.79 Å². The minimum Gasteiger partial charge on any atom is -0.404 e. The number of benzene rings is 3. The minimum absolute atomic E-state index is 0.0116. The molecule has 0 saturated carbocycles. The number of ether oxygens (including phenoxy) is 1. The summed E-state index contributed by atoms with van der Waals surface area (Å²) in [5, 5.41) is 0. The van der Waals surface area contributed by atoms with E-state index in [1.54, 1.807) is 24.3 Å². The van der Waals surface area contributed by atoms with Gasteiger partial charge in [0.25, 0.3) is 0 Å². The summed E-state index contributed by atoms with van der Waals surface area (Å²) in [5.41, 5.74) is -0.264. The number of fused-ring (bicyclic) bond motifs is 1. The average Bonchev–Trinajstić information content (AvgIpc) is 2.94. The molecule has 3 aromatic carbocycles. The molecule has 1 unspecified atom stereocenters. The van der Waals surface area contributed by atoms with Crippen LogP contribution in [-0.4, -0.2) is 38.1 Å². The molecule has 3 aromatic rings. The topological polar surface area (TPSA) is 66.9 Å². The van der Waals surface area contributed by atoms with Crippen LogP contribution < -0.4 is 9.64 Å². The Hall–Kier alpha value is -3.58. The first-order valence-electron chi connectivity index (χ1n) is 11.1. The van der Waals surface area contributed by atoms with Crippen LogP contribution in [0.2, 0.25) is 0 Å². The van der Waals surface area contributed by atoms with Gasteiger partial charge in [0.1, 0.15) is 16.7 Å². The number of anilines is 1. The third-order valence-corrected chi connectivity index (χ3v) is 7.88. The molecule has 4 rings (SSSR count). The van der Waals surface area contributed by atoms with Gasteiger partial charge < -0.3 is 9.64 Å². The molecule has 0 spiro atoms. The van der Waals surface area contributed by atoms with Gasteiger partial charge in [0, 0.05) is 19.3 Å². The third-order valence-electron chi connectivity index (χ3n) is 5.99. The van der Waals surface area contributed by atoms with E-state index >= 15 is 0 Å². The predicted octanol–water partition coefficient (Wildman–Crippen LogP) is 5.38. The number of rotatable bonds is 5. The highest BCUT2D eigenvalue weighted by atomic mass is 32.2. The van der Waals surface area contributed by atoms with E-state index in [9.17, 15) is 39.6 Å². The van der Waals surface area contributed by atoms with E-state index in [-0.39, 0.29) is 5.56 Å². The lowest BCUT2D eigenvalue weighted by atomic mass is 10.0. The van der Waals surface area contributed by atoms with E-state index in [0.29, 0.717) is 15.6 Å². The van der Waals surface area contributed by atoms with E-state index in [1.807, 2.05) is 0 Å². The van der Waals surface area contributed by atoms with Gasteiger partial charge in [0.2, 0.25) is 15.9 Å². The molecule has 0 radical (unpaired) electrons. The highest BCUT2D eigenvalue weighted by molar-refractivity contribution is 7.89. The van der Waals surface area contributed by atoms with E-state index in [4.69, 9.17) is 0 Å². The molecule has 0 N–H and O–H groups in total. The molecule has 1 heterocycles. The first kappa shape index (κ1) is 27.5. The molecule has 0 saturated heterocycles. The Bertz CT molecular complexity index is 1460. The normalized spacial score (nSPS) is 17.2. The fraction of sp³-hybridized carbons (Fsp3) is 0.240. The Labute approximate surface area is 214 Å². The molecule has 13 heteroatoms. The minimum atomic E-state index is -5.20. The number of nitrogens with zero attached hydrogens (tertiary/aromatic N) is 2. The maximum atomic E-state index is 13.9. The molecule has 1 aliphatic heterocycles. The van der Waals surface area contributed by atoms with Gasteiger partial charge in [0.05, 0.1) is 5.56 Å². The first-order chi connectivity index (χ1) is 17.7. The number of amides is 1. The zero-order chi connectivity index (χ0) is 27.9. The molecule has 202 valence electrons. The van der Waals surface area contributed by atoms with Crippen molar-refractivity contribution in [3.63, 3.8) is 0 Å². The van der Waals surface area contributed by atoms with Crippen molar-refractivity contribution in [2.75, 3.05) is 11.9 Å². The Morgan fingerprint density at radius 1 is 0.921 bits per heavy atom. The third kappa shape index (κ3) is 5.63. The molecule has 0 aromatic heterocycles. The molecule has 38 heavy (non-hydrogen) atoms. The first-order valence-corrected chi connectivity index (χ1v) is 12.5. The van der Waals surface area contributed by atoms with Gasteiger partial charge in [-0.05, 0) is 41.8 Å². The largest absolute Gasteiger partial charge is 0.573 e. The Morgan fingerprint density at radius 2 is 1.58 bits per heavy atom. The zero-order valence-corrected chi connectivity index (χ0v) is 20.4. The summed E-state index contributed by atoms with van der Waals surface area (Å²) in [6, 6.07) is 12.9. The van der Waals surface area contributed by atoms with Crippen LogP contribution in [0.25, 0.3) is 0 Å². The maximum Gasteiger partial charge on any atom is 0.573 e. The van der Waals surface area contributed by atoms with Crippen molar-refractivity contribution >= 4 is 21.6 Å². The number of halogens is 6. The molecule has 1 atom stereocenters. The van der Waals surface area contributed by atoms with Gasteiger partial charge in [0.15, 0.2) is 0 Å². The van der Waals surface area contributed by atoms with Crippen LogP contribution in [0.15, 0.2) is 77.7 Å². The maximum absolute atomic E-state index is 13.9.